The number of pyridine rings is 1. The van der Waals surface area contributed by atoms with Gasteiger partial charge in [-0.25, -0.2) is 0 Å². The number of hydrogen-bond acceptors (Lipinski definition) is 2. The van der Waals surface area contributed by atoms with Gasteiger partial charge in [0.15, 0.2) is 0 Å². The number of rotatable bonds is 4. The van der Waals surface area contributed by atoms with E-state index in [4.69, 9.17) is 0 Å². The molecule has 0 fully saturated rings. The van der Waals surface area contributed by atoms with Crippen LogP contribution in [-0.4, -0.2) is 16.1 Å². The topological polar surface area (TPSA) is 50.2 Å². The second-order valence-electron chi connectivity index (χ2n) is 4.49. The summed E-state index contributed by atoms with van der Waals surface area (Å²) >= 11 is 3.30. The van der Waals surface area contributed by atoms with E-state index in [0.29, 0.717) is 12.1 Å². The monoisotopic (exact) mass is 319 g/mol. The van der Waals surface area contributed by atoms with Gasteiger partial charge >= 0.3 is 5.97 Å². The number of aromatic nitrogens is 1. The lowest BCUT2D eigenvalue weighted by Gasteiger charge is -2.12. The first-order valence-corrected chi connectivity index (χ1v) is 6.75. The molecule has 0 aliphatic rings. The molecule has 0 aliphatic carbocycles. The summed E-state index contributed by atoms with van der Waals surface area (Å²) in [6.07, 6.45) is 2.08. The molecule has 1 unspecified atom stereocenters. The fourth-order valence-electron chi connectivity index (χ4n) is 1.99. The lowest BCUT2D eigenvalue weighted by molar-refractivity contribution is -0.138. The Morgan fingerprint density at radius 2 is 2.16 bits per heavy atom. The first-order chi connectivity index (χ1) is 9.06. The zero-order valence-electron chi connectivity index (χ0n) is 10.5. The molecule has 0 saturated heterocycles. The Kier molecular flexibility index (Phi) is 4.32. The highest BCUT2D eigenvalue weighted by atomic mass is 79.9. The van der Waals surface area contributed by atoms with Gasteiger partial charge in [0.05, 0.1) is 5.69 Å². The van der Waals surface area contributed by atoms with Gasteiger partial charge in [-0.05, 0) is 47.0 Å². The molecule has 2 rings (SSSR count). The number of carboxylic acids is 1. The first kappa shape index (κ1) is 13.7. The van der Waals surface area contributed by atoms with Crippen molar-refractivity contribution in [1.29, 1.82) is 0 Å². The summed E-state index contributed by atoms with van der Waals surface area (Å²) in [5.74, 6) is -1.47. The molecule has 0 saturated carbocycles. The molecule has 1 aromatic carbocycles. The minimum absolute atomic E-state index is 0.450. The Balaban J connectivity index is 2.26. The molecule has 1 atom stereocenters. The molecule has 0 bridgehead atoms. The molecule has 98 valence electrons. The number of carbonyl (C=O) groups is 1. The van der Waals surface area contributed by atoms with Gasteiger partial charge < -0.3 is 5.11 Å². The Hall–Kier alpha value is -1.68. The van der Waals surface area contributed by atoms with Crippen LogP contribution < -0.4 is 0 Å². The Morgan fingerprint density at radius 3 is 2.74 bits per heavy atom. The quantitative estimate of drug-likeness (QED) is 0.937. The molecule has 19 heavy (non-hydrogen) atoms. The lowest BCUT2D eigenvalue weighted by atomic mass is 9.95. The van der Waals surface area contributed by atoms with E-state index in [2.05, 4.69) is 20.9 Å². The summed E-state index contributed by atoms with van der Waals surface area (Å²) in [6.45, 7) is 2.00. The van der Waals surface area contributed by atoms with Crippen LogP contribution in [0, 0.1) is 6.92 Å². The van der Waals surface area contributed by atoms with Crippen molar-refractivity contribution in [2.24, 2.45) is 0 Å². The molecule has 1 heterocycles. The predicted molar refractivity (Wildman–Crippen MR) is 77.2 cm³/mol. The molecular weight excluding hydrogens is 306 g/mol. The molecule has 2 aromatic rings. The average molecular weight is 320 g/mol. The summed E-state index contributed by atoms with van der Waals surface area (Å²) in [5.41, 5.74) is 2.72. The molecule has 0 aliphatic heterocycles. The van der Waals surface area contributed by atoms with E-state index in [1.165, 1.54) is 0 Å². The van der Waals surface area contributed by atoms with Crippen LogP contribution in [0.4, 0.5) is 0 Å². The Bertz CT molecular complexity index is 581. The highest BCUT2D eigenvalue weighted by molar-refractivity contribution is 9.10. The normalized spacial score (nSPS) is 12.1. The van der Waals surface area contributed by atoms with E-state index < -0.39 is 11.9 Å². The maximum Gasteiger partial charge on any atom is 0.312 e. The van der Waals surface area contributed by atoms with Crippen LogP contribution in [-0.2, 0) is 11.2 Å². The van der Waals surface area contributed by atoms with E-state index >= 15 is 0 Å². The minimum Gasteiger partial charge on any atom is -0.481 e. The van der Waals surface area contributed by atoms with Crippen molar-refractivity contribution < 1.29 is 9.90 Å². The zero-order chi connectivity index (χ0) is 13.8. The van der Waals surface area contributed by atoms with Crippen LogP contribution >= 0.6 is 15.9 Å². The zero-order valence-corrected chi connectivity index (χ0v) is 12.1. The number of hydrogen-bond donors (Lipinski definition) is 1. The van der Waals surface area contributed by atoms with Crippen molar-refractivity contribution in [3.8, 4) is 0 Å². The molecule has 0 spiro atoms. The van der Waals surface area contributed by atoms with Gasteiger partial charge in [-0.15, -0.1) is 0 Å². The SMILES string of the molecule is Cc1cccc(CC(C(=O)O)c2ccc(Br)cn2)c1. The van der Waals surface area contributed by atoms with Gasteiger partial charge in [0.25, 0.3) is 0 Å². The number of aryl methyl sites for hydroxylation is 1. The lowest BCUT2D eigenvalue weighted by Crippen LogP contribution is -2.15. The summed E-state index contributed by atoms with van der Waals surface area (Å²) in [5, 5.41) is 9.37. The second-order valence-corrected chi connectivity index (χ2v) is 5.40. The third kappa shape index (κ3) is 3.64. The number of carboxylic acid groups (broad SMARTS) is 1. The molecule has 4 heteroatoms. The maximum atomic E-state index is 11.4. The highest BCUT2D eigenvalue weighted by Gasteiger charge is 2.21. The maximum absolute atomic E-state index is 11.4. The van der Waals surface area contributed by atoms with Gasteiger partial charge in [-0.3, -0.25) is 9.78 Å². The van der Waals surface area contributed by atoms with Crippen LogP contribution in [0.5, 0.6) is 0 Å². The summed E-state index contributed by atoms with van der Waals surface area (Å²) in [6, 6.07) is 11.5. The van der Waals surface area contributed by atoms with Gasteiger partial charge in [0.1, 0.15) is 5.92 Å². The number of aliphatic carboxylic acids is 1. The van der Waals surface area contributed by atoms with Crippen LogP contribution in [0.2, 0.25) is 0 Å². The van der Waals surface area contributed by atoms with Gasteiger partial charge in [0, 0.05) is 10.7 Å². The molecule has 0 radical (unpaired) electrons. The number of halogens is 1. The number of nitrogens with zero attached hydrogens (tertiary/aromatic N) is 1. The van der Waals surface area contributed by atoms with E-state index in [9.17, 15) is 9.90 Å². The largest absolute Gasteiger partial charge is 0.481 e. The molecule has 3 nitrogen and oxygen atoms in total. The van der Waals surface area contributed by atoms with E-state index in [-0.39, 0.29) is 0 Å². The average Bonchev–Trinajstić information content (AvgIpc) is 2.37. The van der Waals surface area contributed by atoms with E-state index in [1.54, 1.807) is 12.3 Å². The molecule has 1 N–H and O–H groups in total. The smallest absolute Gasteiger partial charge is 0.312 e. The summed E-state index contributed by atoms with van der Waals surface area (Å²) in [4.78, 5) is 15.6. The third-order valence-electron chi connectivity index (χ3n) is 2.93. The van der Waals surface area contributed by atoms with Crippen molar-refractivity contribution in [3.05, 3.63) is 63.9 Å². The van der Waals surface area contributed by atoms with Crippen molar-refractivity contribution in [2.45, 2.75) is 19.3 Å². The van der Waals surface area contributed by atoms with Crippen molar-refractivity contribution in [3.63, 3.8) is 0 Å². The van der Waals surface area contributed by atoms with Gasteiger partial charge in [0.2, 0.25) is 0 Å². The molecular formula is C15H14BrNO2. The second kappa shape index (κ2) is 5.97. The third-order valence-corrected chi connectivity index (χ3v) is 3.40. The molecule has 0 amide bonds. The van der Waals surface area contributed by atoms with Gasteiger partial charge in [-0.2, -0.15) is 0 Å². The van der Waals surface area contributed by atoms with E-state index in [0.717, 1.165) is 15.6 Å². The van der Waals surface area contributed by atoms with Gasteiger partial charge in [-0.1, -0.05) is 29.8 Å². The van der Waals surface area contributed by atoms with Crippen molar-refractivity contribution in [2.75, 3.05) is 0 Å². The van der Waals surface area contributed by atoms with Crippen LogP contribution in [0.1, 0.15) is 22.7 Å². The van der Waals surface area contributed by atoms with Crippen LogP contribution in [0.3, 0.4) is 0 Å². The Labute approximate surface area is 120 Å². The fraction of sp³-hybridized carbons (Fsp3) is 0.200. The van der Waals surface area contributed by atoms with Crippen molar-refractivity contribution >= 4 is 21.9 Å². The van der Waals surface area contributed by atoms with Crippen molar-refractivity contribution in [1.82, 2.24) is 4.98 Å². The van der Waals surface area contributed by atoms with Crippen LogP contribution in [0.15, 0.2) is 47.1 Å². The number of benzene rings is 1. The standard InChI is InChI=1S/C15H14BrNO2/c1-10-3-2-4-11(7-10)8-13(15(18)19)14-6-5-12(16)9-17-14/h2-7,9,13H,8H2,1H3,(H,18,19). The predicted octanol–water partition coefficient (Wildman–Crippen LogP) is 3.56. The Morgan fingerprint density at radius 1 is 1.37 bits per heavy atom. The highest BCUT2D eigenvalue weighted by Crippen LogP contribution is 2.21. The first-order valence-electron chi connectivity index (χ1n) is 5.96. The fourth-order valence-corrected chi connectivity index (χ4v) is 2.22. The van der Waals surface area contributed by atoms with E-state index in [1.807, 2.05) is 37.3 Å². The summed E-state index contributed by atoms with van der Waals surface area (Å²) < 4.78 is 0.843. The minimum atomic E-state index is -0.851. The summed E-state index contributed by atoms with van der Waals surface area (Å²) in [7, 11) is 0. The molecule has 1 aromatic heterocycles. The van der Waals surface area contributed by atoms with Crippen LogP contribution in [0.25, 0.3) is 0 Å².